The molecule has 1 aromatic carbocycles. The molecule has 1 unspecified atom stereocenters. The Kier molecular flexibility index (Phi) is 3.12. The van der Waals surface area contributed by atoms with Crippen molar-refractivity contribution in [2.75, 3.05) is 11.5 Å². The Morgan fingerprint density at radius 3 is 2.67 bits per heavy atom. The molecule has 0 amide bonds. The summed E-state index contributed by atoms with van der Waals surface area (Å²) in [4.78, 5) is 11.3. The monoisotopic (exact) mass is 223 g/mol. The van der Waals surface area contributed by atoms with Crippen LogP contribution in [0, 0.1) is 6.42 Å². The number of hydrogen-bond donors (Lipinski definition) is 1. The van der Waals surface area contributed by atoms with Crippen LogP contribution in [0.3, 0.4) is 0 Å². The topological polar surface area (TPSA) is 37.3 Å². The number of carbonyl (C=O) groups excluding carboxylic acids is 1. The van der Waals surface area contributed by atoms with Crippen LogP contribution in [0.5, 0.6) is 0 Å². The van der Waals surface area contributed by atoms with Crippen molar-refractivity contribution in [1.82, 2.24) is 0 Å². The fourth-order valence-corrected chi connectivity index (χ4v) is 4.28. The van der Waals surface area contributed by atoms with Gasteiger partial charge in [0.05, 0.1) is 5.75 Å². The maximum absolute atomic E-state index is 11.3. The van der Waals surface area contributed by atoms with Crippen LogP contribution in [0.1, 0.15) is 12.0 Å². The van der Waals surface area contributed by atoms with E-state index in [4.69, 9.17) is 0 Å². The molecule has 1 fully saturated rings. The first kappa shape index (κ1) is 10.7. The number of benzene rings is 1. The van der Waals surface area contributed by atoms with Crippen LogP contribution >= 0.6 is 10.3 Å². The predicted octanol–water partition coefficient (Wildman–Crippen LogP) is 2.64. The highest BCUT2D eigenvalue weighted by atomic mass is 32.3. The molecule has 1 saturated heterocycles. The molecule has 1 N–H and O–H groups in total. The molecule has 0 bridgehead atoms. The zero-order valence-corrected chi connectivity index (χ0v) is 9.37. The molecule has 0 spiro atoms. The number of ketones is 1. The number of Topliss-reactive ketones (excluding diaryl/α,β-unsaturated/α-hetero) is 1. The molecule has 81 valence electrons. The van der Waals surface area contributed by atoms with E-state index in [0.29, 0.717) is 23.7 Å². The Morgan fingerprint density at radius 2 is 2.00 bits per heavy atom. The van der Waals surface area contributed by atoms with Crippen molar-refractivity contribution in [3.63, 3.8) is 0 Å². The van der Waals surface area contributed by atoms with Crippen LogP contribution in [-0.2, 0) is 10.5 Å². The standard InChI is InChI=1S/C12H15O2S/c13-12-7-4-8-15(14,10-12)9-11-5-2-1-3-6-11/h1-6,14H,7-10H2. The van der Waals surface area contributed by atoms with Crippen LogP contribution in [-0.4, -0.2) is 21.8 Å². The Labute approximate surface area is 91.8 Å². The normalized spacial score (nSPS) is 30.9. The molecule has 3 heteroatoms. The van der Waals surface area contributed by atoms with Gasteiger partial charge in [-0.25, -0.2) is 0 Å². The van der Waals surface area contributed by atoms with Crippen molar-refractivity contribution in [3.05, 3.63) is 42.3 Å². The smallest absolute Gasteiger partial charge is 0.143 e. The highest BCUT2D eigenvalue weighted by molar-refractivity contribution is 8.29. The lowest BCUT2D eigenvalue weighted by molar-refractivity contribution is -0.116. The summed E-state index contributed by atoms with van der Waals surface area (Å²) >= 11 is 0. The predicted molar refractivity (Wildman–Crippen MR) is 64.0 cm³/mol. The lowest BCUT2D eigenvalue weighted by atomic mass is 10.2. The summed E-state index contributed by atoms with van der Waals surface area (Å²) in [5, 5.41) is 0. The average molecular weight is 223 g/mol. The van der Waals surface area contributed by atoms with Crippen LogP contribution < -0.4 is 0 Å². The summed E-state index contributed by atoms with van der Waals surface area (Å²) in [6.07, 6.45) is 2.45. The quantitative estimate of drug-likeness (QED) is 0.837. The van der Waals surface area contributed by atoms with E-state index in [1.165, 1.54) is 0 Å². The van der Waals surface area contributed by atoms with Crippen molar-refractivity contribution in [2.24, 2.45) is 0 Å². The highest BCUT2D eigenvalue weighted by Gasteiger charge is 2.28. The van der Waals surface area contributed by atoms with Crippen LogP contribution in [0.25, 0.3) is 0 Å². The maximum Gasteiger partial charge on any atom is 0.143 e. The first-order valence-corrected chi connectivity index (χ1v) is 7.14. The minimum absolute atomic E-state index is 0.176. The largest absolute Gasteiger partial charge is 0.351 e. The molecule has 1 aliphatic heterocycles. The fraction of sp³-hybridized carbons (Fsp3) is 0.333. The van der Waals surface area contributed by atoms with Crippen molar-refractivity contribution in [3.8, 4) is 0 Å². The summed E-state index contributed by atoms with van der Waals surface area (Å²) in [5.41, 5.74) is 1.12. The van der Waals surface area contributed by atoms with Crippen molar-refractivity contribution >= 4 is 16.1 Å². The van der Waals surface area contributed by atoms with Gasteiger partial charge in [-0.05, 0) is 12.0 Å². The molecule has 1 heterocycles. The third kappa shape index (κ3) is 2.83. The molecule has 1 atom stereocenters. The van der Waals surface area contributed by atoms with Gasteiger partial charge in [0.2, 0.25) is 0 Å². The summed E-state index contributed by atoms with van der Waals surface area (Å²) in [7, 11) is -1.75. The Morgan fingerprint density at radius 1 is 1.27 bits per heavy atom. The van der Waals surface area contributed by atoms with E-state index < -0.39 is 10.3 Å². The van der Waals surface area contributed by atoms with E-state index in [1.807, 2.05) is 36.8 Å². The van der Waals surface area contributed by atoms with Gasteiger partial charge in [-0.1, -0.05) is 30.3 Å². The fourth-order valence-electron chi connectivity index (χ4n) is 1.85. The van der Waals surface area contributed by atoms with E-state index in [-0.39, 0.29) is 5.78 Å². The Bertz CT molecular complexity index is 350. The van der Waals surface area contributed by atoms with E-state index in [2.05, 4.69) is 0 Å². The van der Waals surface area contributed by atoms with Gasteiger partial charge in [0, 0.05) is 17.9 Å². The zero-order valence-electron chi connectivity index (χ0n) is 8.56. The van der Waals surface area contributed by atoms with Gasteiger partial charge in [-0.2, -0.15) is 0 Å². The average Bonchev–Trinajstić information content (AvgIpc) is 2.18. The van der Waals surface area contributed by atoms with Gasteiger partial charge < -0.3 is 4.55 Å². The lowest BCUT2D eigenvalue weighted by Gasteiger charge is -2.36. The van der Waals surface area contributed by atoms with E-state index >= 15 is 0 Å². The second kappa shape index (κ2) is 4.37. The first-order valence-electron chi connectivity index (χ1n) is 5.04. The highest BCUT2D eigenvalue weighted by Crippen LogP contribution is 2.49. The molecular formula is C12H15O2S. The van der Waals surface area contributed by atoms with Crippen molar-refractivity contribution in [1.29, 1.82) is 0 Å². The molecule has 1 aliphatic rings. The molecule has 0 aromatic heterocycles. The van der Waals surface area contributed by atoms with Gasteiger partial charge in [0.15, 0.2) is 0 Å². The first-order chi connectivity index (χ1) is 7.18. The van der Waals surface area contributed by atoms with Crippen molar-refractivity contribution in [2.45, 2.75) is 12.2 Å². The lowest BCUT2D eigenvalue weighted by Crippen LogP contribution is -2.24. The van der Waals surface area contributed by atoms with E-state index in [9.17, 15) is 9.35 Å². The van der Waals surface area contributed by atoms with Crippen LogP contribution in [0.15, 0.2) is 30.3 Å². The number of rotatable bonds is 2. The Balaban J connectivity index is 2.07. The summed E-state index contributed by atoms with van der Waals surface area (Å²) < 4.78 is 10.3. The minimum Gasteiger partial charge on any atom is -0.351 e. The van der Waals surface area contributed by atoms with Crippen molar-refractivity contribution < 1.29 is 9.35 Å². The number of carbonyl (C=O) groups is 1. The maximum atomic E-state index is 11.3. The zero-order chi connectivity index (χ0) is 10.7. The van der Waals surface area contributed by atoms with Gasteiger partial charge in [0.25, 0.3) is 0 Å². The molecule has 0 aliphatic carbocycles. The molecule has 1 radical (unpaired) electrons. The van der Waals surface area contributed by atoms with Gasteiger partial charge in [-0.15, -0.1) is 10.3 Å². The molecule has 2 nitrogen and oxygen atoms in total. The van der Waals surface area contributed by atoms with Gasteiger partial charge in [0.1, 0.15) is 5.78 Å². The molecule has 1 aromatic rings. The molecule has 2 rings (SSSR count). The van der Waals surface area contributed by atoms with Crippen LogP contribution in [0.2, 0.25) is 0 Å². The third-order valence-electron chi connectivity index (χ3n) is 2.51. The summed E-state index contributed by atoms with van der Waals surface area (Å²) in [5.74, 6) is 1.90. The molecular weight excluding hydrogens is 208 g/mol. The SMILES string of the molecule is O=C1C[CH]CS(O)(Cc2ccccc2)C1. The summed E-state index contributed by atoms with van der Waals surface area (Å²) in [6, 6.07) is 9.90. The summed E-state index contributed by atoms with van der Waals surface area (Å²) in [6.45, 7) is 0. The third-order valence-corrected chi connectivity index (χ3v) is 5.09. The minimum atomic E-state index is -1.75. The second-order valence-electron chi connectivity index (χ2n) is 3.97. The van der Waals surface area contributed by atoms with Gasteiger partial charge >= 0.3 is 0 Å². The van der Waals surface area contributed by atoms with E-state index in [0.717, 1.165) is 5.56 Å². The molecule has 0 saturated carbocycles. The van der Waals surface area contributed by atoms with E-state index in [1.54, 1.807) is 0 Å². The second-order valence-corrected chi connectivity index (χ2v) is 6.88. The Hall–Kier alpha value is -0.800. The van der Waals surface area contributed by atoms with Crippen LogP contribution in [0.4, 0.5) is 0 Å². The van der Waals surface area contributed by atoms with Gasteiger partial charge in [-0.3, -0.25) is 4.79 Å². The molecule has 15 heavy (non-hydrogen) atoms. The number of hydrogen-bond acceptors (Lipinski definition) is 2.